The van der Waals surface area contributed by atoms with Crippen molar-refractivity contribution in [3.05, 3.63) is 50.5 Å². The lowest BCUT2D eigenvalue weighted by Gasteiger charge is -2.00. The molecule has 1 heterocycles. The normalized spacial score (nSPS) is 10.7. The van der Waals surface area contributed by atoms with Gasteiger partial charge < -0.3 is 15.2 Å². The molecule has 0 spiro atoms. The predicted molar refractivity (Wildman–Crippen MR) is 77.1 cm³/mol. The molecule has 0 saturated heterocycles. The van der Waals surface area contributed by atoms with Gasteiger partial charge in [0, 0.05) is 5.56 Å². The average molecular weight is 306 g/mol. The van der Waals surface area contributed by atoms with E-state index in [1.54, 1.807) is 0 Å². The lowest BCUT2D eigenvalue weighted by atomic mass is 10.2. The summed E-state index contributed by atoms with van der Waals surface area (Å²) in [5.41, 5.74) is 1.64. The van der Waals surface area contributed by atoms with E-state index in [-0.39, 0.29) is 21.6 Å². The number of carbonyl (C=O) groups is 1. The van der Waals surface area contributed by atoms with E-state index in [4.69, 9.17) is 5.11 Å². The van der Waals surface area contributed by atoms with Crippen LogP contribution in [-0.2, 0) is 0 Å². The maximum Gasteiger partial charge on any atom is 0.271 e. The first-order chi connectivity index (χ1) is 9.97. The van der Waals surface area contributed by atoms with E-state index < -0.39 is 17.3 Å². The van der Waals surface area contributed by atoms with Gasteiger partial charge in [0.15, 0.2) is 4.77 Å². The van der Waals surface area contributed by atoms with Gasteiger partial charge in [0.1, 0.15) is 11.3 Å². The highest BCUT2D eigenvalue weighted by Crippen LogP contribution is 2.09. The Morgan fingerprint density at radius 1 is 1.24 bits per heavy atom. The number of hydrogen-bond donors (Lipinski definition) is 5. The van der Waals surface area contributed by atoms with Crippen LogP contribution in [0.4, 0.5) is 0 Å². The average Bonchev–Trinajstić information content (AvgIpc) is 2.42. The van der Waals surface area contributed by atoms with Crippen LogP contribution in [0.3, 0.4) is 0 Å². The van der Waals surface area contributed by atoms with Gasteiger partial charge in [-0.25, -0.2) is 5.43 Å². The first-order valence-electron chi connectivity index (χ1n) is 5.65. The Hall–Kier alpha value is -2.94. The fourth-order valence-electron chi connectivity index (χ4n) is 1.44. The zero-order valence-electron chi connectivity index (χ0n) is 10.5. The third-order valence-electron chi connectivity index (χ3n) is 2.45. The fourth-order valence-corrected chi connectivity index (χ4v) is 1.63. The summed E-state index contributed by atoms with van der Waals surface area (Å²) in [6.45, 7) is 0. The molecule has 0 fully saturated rings. The summed E-state index contributed by atoms with van der Waals surface area (Å²) in [4.78, 5) is 27.8. The minimum atomic E-state index is -0.640. The van der Waals surface area contributed by atoms with Crippen LogP contribution < -0.4 is 11.0 Å². The van der Waals surface area contributed by atoms with Crippen molar-refractivity contribution < 1.29 is 15.0 Å². The standard InChI is InChI=1S/C12H10N4O4S/c17-7-3-1-6(2-4-7)9(18)16-13-5-8-10(19)14-12(21)15-11(8)20/h1-5,17H,(H,16,18)(H3,14,15,19,20,21). The van der Waals surface area contributed by atoms with Crippen molar-refractivity contribution in [2.24, 2.45) is 5.10 Å². The smallest absolute Gasteiger partial charge is 0.271 e. The molecule has 0 bridgehead atoms. The van der Waals surface area contributed by atoms with Crippen LogP contribution in [0.1, 0.15) is 15.9 Å². The molecule has 0 radical (unpaired) electrons. The zero-order chi connectivity index (χ0) is 15.4. The van der Waals surface area contributed by atoms with Gasteiger partial charge in [0.25, 0.3) is 11.5 Å². The zero-order valence-corrected chi connectivity index (χ0v) is 11.3. The highest BCUT2D eigenvalue weighted by atomic mass is 32.1. The monoisotopic (exact) mass is 306 g/mol. The second kappa shape index (κ2) is 6.01. The third-order valence-corrected chi connectivity index (χ3v) is 2.65. The Kier molecular flexibility index (Phi) is 4.14. The van der Waals surface area contributed by atoms with E-state index in [1.807, 2.05) is 0 Å². The number of nitrogens with one attached hydrogen (secondary N) is 3. The quantitative estimate of drug-likeness (QED) is 0.322. The number of phenols is 1. The van der Waals surface area contributed by atoms with Gasteiger partial charge in [0.05, 0.1) is 6.21 Å². The number of phenolic OH excluding ortho intramolecular Hbond substituents is 1. The summed E-state index contributed by atoms with van der Waals surface area (Å²) < 4.78 is -0.0252. The van der Waals surface area contributed by atoms with Crippen LogP contribution in [-0.4, -0.2) is 32.3 Å². The van der Waals surface area contributed by atoms with Crippen LogP contribution in [0, 0.1) is 4.77 Å². The minimum Gasteiger partial charge on any atom is -0.508 e. The van der Waals surface area contributed by atoms with Crippen LogP contribution >= 0.6 is 12.2 Å². The Balaban J connectivity index is 2.13. The van der Waals surface area contributed by atoms with E-state index in [2.05, 4.69) is 32.7 Å². The summed E-state index contributed by atoms with van der Waals surface area (Å²) in [6.07, 6.45) is 0.984. The maximum atomic E-state index is 11.7. The number of H-pyrrole nitrogens is 2. The molecule has 0 unspecified atom stereocenters. The Morgan fingerprint density at radius 2 is 1.90 bits per heavy atom. The first kappa shape index (κ1) is 14.5. The van der Waals surface area contributed by atoms with Crippen molar-refractivity contribution in [1.82, 2.24) is 15.4 Å². The molecule has 8 nitrogen and oxygen atoms in total. The number of carbonyl (C=O) groups excluding carboxylic acids is 1. The van der Waals surface area contributed by atoms with Crippen molar-refractivity contribution in [3.63, 3.8) is 0 Å². The predicted octanol–water partition coefficient (Wildman–Crippen LogP) is 0.608. The van der Waals surface area contributed by atoms with Crippen molar-refractivity contribution in [3.8, 4) is 11.6 Å². The second-order valence-corrected chi connectivity index (χ2v) is 4.32. The van der Waals surface area contributed by atoms with Crippen LogP contribution in [0.25, 0.3) is 0 Å². The van der Waals surface area contributed by atoms with E-state index in [9.17, 15) is 14.7 Å². The molecule has 0 aliphatic carbocycles. The molecular formula is C12H10N4O4S. The van der Waals surface area contributed by atoms with Gasteiger partial charge in [-0.1, -0.05) is 0 Å². The van der Waals surface area contributed by atoms with Gasteiger partial charge >= 0.3 is 0 Å². The minimum absolute atomic E-state index is 0.0252. The SMILES string of the molecule is O=C(NN=Cc1c(O)[nH]c(=S)[nH]c1=O)c1ccc(O)cc1. The molecule has 1 aromatic carbocycles. The summed E-state index contributed by atoms with van der Waals surface area (Å²) in [7, 11) is 0. The summed E-state index contributed by atoms with van der Waals surface area (Å²) in [6, 6.07) is 5.52. The topological polar surface area (TPSA) is 131 Å². The molecule has 1 amide bonds. The van der Waals surface area contributed by atoms with Gasteiger partial charge in [-0.15, -0.1) is 0 Å². The molecule has 5 N–H and O–H groups in total. The van der Waals surface area contributed by atoms with E-state index >= 15 is 0 Å². The number of rotatable bonds is 3. The van der Waals surface area contributed by atoms with Crippen molar-refractivity contribution in [2.45, 2.75) is 0 Å². The highest BCUT2D eigenvalue weighted by molar-refractivity contribution is 7.71. The molecule has 0 atom stereocenters. The molecule has 1 aromatic heterocycles. The molecular weight excluding hydrogens is 296 g/mol. The van der Waals surface area contributed by atoms with Crippen LogP contribution in [0.2, 0.25) is 0 Å². The van der Waals surface area contributed by atoms with E-state index in [0.29, 0.717) is 0 Å². The van der Waals surface area contributed by atoms with Crippen LogP contribution in [0.15, 0.2) is 34.2 Å². The largest absolute Gasteiger partial charge is 0.508 e. The van der Waals surface area contributed by atoms with Gasteiger partial charge in [-0.05, 0) is 36.5 Å². The first-order valence-corrected chi connectivity index (χ1v) is 6.06. The van der Waals surface area contributed by atoms with Crippen molar-refractivity contribution in [2.75, 3.05) is 0 Å². The number of aromatic nitrogens is 2. The molecule has 21 heavy (non-hydrogen) atoms. The summed E-state index contributed by atoms with van der Waals surface area (Å²) in [5.74, 6) is -0.955. The number of amides is 1. The van der Waals surface area contributed by atoms with Gasteiger partial charge in [0.2, 0.25) is 5.88 Å². The number of hydrazone groups is 1. The maximum absolute atomic E-state index is 11.7. The molecule has 0 aliphatic rings. The summed E-state index contributed by atoms with van der Waals surface area (Å²) >= 11 is 4.67. The number of nitrogens with zero attached hydrogens (tertiary/aromatic N) is 1. The Labute approximate surface area is 122 Å². The molecule has 9 heteroatoms. The number of aromatic amines is 2. The number of aromatic hydroxyl groups is 2. The van der Waals surface area contributed by atoms with Gasteiger partial charge in [-0.3, -0.25) is 14.6 Å². The lowest BCUT2D eigenvalue weighted by Crippen LogP contribution is -2.19. The van der Waals surface area contributed by atoms with Crippen LogP contribution in [0.5, 0.6) is 11.6 Å². The fraction of sp³-hybridized carbons (Fsp3) is 0. The van der Waals surface area contributed by atoms with E-state index in [0.717, 1.165) is 6.21 Å². The molecule has 108 valence electrons. The van der Waals surface area contributed by atoms with E-state index in [1.165, 1.54) is 24.3 Å². The third kappa shape index (κ3) is 3.54. The Morgan fingerprint density at radius 3 is 2.52 bits per heavy atom. The van der Waals surface area contributed by atoms with Crippen molar-refractivity contribution >= 4 is 24.3 Å². The molecule has 0 saturated carbocycles. The number of hydrogen-bond acceptors (Lipinski definition) is 6. The summed E-state index contributed by atoms with van der Waals surface area (Å²) in [5, 5.41) is 22.2. The lowest BCUT2D eigenvalue weighted by molar-refractivity contribution is 0.0955. The van der Waals surface area contributed by atoms with Crippen molar-refractivity contribution in [1.29, 1.82) is 0 Å². The molecule has 2 rings (SSSR count). The Bertz CT molecular complexity index is 807. The second-order valence-electron chi connectivity index (χ2n) is 3.92. The molecule has 2 aromatic rings. The van der Waals surface area contributed by atoms with Gasteiger partial charge in [-0.2, -0.15) is 5.10 Å². The number of benzene rings is 1. The molecule has 0 aliphatic heterocycles. The highest BCUT2D eigenvalue weighted by Gasteiger charge is 2.06.